The summed E-state index contributed by atoms with van der Waals surface area (Å²) in [7, 11) is -6.83. The molecule has 0 spiro atoms. The first-order valence-electron chi connectivity index (χ1n) is 7.92. The summed E-state index contributed by atoms with van der Waals surface area (Å²) in [5.41, 5.74) is 0. The average molecular weight is 338 g/mol. The lowest BCUT2D eigenvalue weighted by atomic mass is 10.00. The van der Waals surface area contributed by atoms with Crippen LogP contribution in [0.3, 0.4) is 0 Å². The van der Waals surface area contributed by atoms with Crippen LogP contribution in [0, 0.1) is 0 Å². The number of rotatable bonds is 8. The van der Waals surface area contributed by atoms with Gasteiger partial charge in [-0.25, -0.2) is 16.8 Å². The zero-order valence-electron chi connectivity index (χ0n) is 12.8. The molecule has 0 amide bonds. The van der Waals surface area contributed by atoms with Crippen LogP contribution in [0.4, 0.5) is 0 Å². The highest BCUT2D eigenvalue weighted by Crippen LogP contribution is 2.42. The third kappa shape index (κ3) is 3.45. The topological polar surface area (TPSA) is 77.5 Å². The van der Waals surface area contributed by atoms with Gasteiger partial charge in [-0.3, -0.25) is 0 Å². The Kier molecular flexibility index (Phi) is 5.36. The minimum absolute atomic E-state index is 0.0700. The second kappa shape index (κ2) is 6.54. The minimum atomic E-state index is -3.41. The second-order valence-electron chi connectivity index (χ2n) is 6.16. The number of sulfone groups is 2. The third-order valence-electron chi connectivity index (χ3n) is 4.54. The predicted molar refractivity (Wildman–Crippen MR) is 82.9 cm³/mol. The van der Waals surface area contributed by atoms with Crippen molar-refractivity contribution in [1.29, 1.82) is 0 Å². The normalized spacial score (nSPS) is 32.7. The van der Waals surface area contributed by atoms with E-state index in [0.29, 0.717) is 25.7 Å². The van der Waals surface area contributed by atoms with Crippen LogP contribution in [0.5, 0.6) is 0 Å². The molecule has 2 aliphatic heterocycles. The smallest absolute Gasteiger partial charge is 0.157 e. The Morgan fingerprint density at radius 2 is 1.19 bits per heavy atom. The lowest BCUT2D eigenvalue weighted by Crippen LogP contribution is -2.48. The largest absolute Gasteiger partial charge is 0.372 e. The summed E-state index contributed by atoms with van der Waals surface area (Å²) in [5.74, 6) is 0.140. The Hall–Kier alpha value is -0.140. The van der Waals surface area contributed by atoms with Crippen LogP contribution in [-0.2, 0) is 24.4 Å². The Balaban J connectivity index is 2.26. The van der Waals surface area contributed by atoms with Crippen molar-refractivity contribution in [2.24, 2.45) is 0 Å². The van der Waals surface area contributed by atoms with E-state index in [9.17, 15) is 16.8 Å². The van der Waals surface area contributed by atoms with Gasteiger partial charge in [-0.2, -0.15) is 0 Å². The number of fused-ring (bicyclic) bond motifs is 2. The van der Waals surface area contributed by atoms with Gasteiger partial charge >= 0.3 is 0 Å². The fourth-order valence-electron chi connectivity index (χ4n) is 3.43. The molecule has 0 unspecified atom stereocenters. The van der Waals surface area contributed by atoms with E-state index in [0.717, 1.165) is 12.8 Å². The van der Waals surface area contributed by atoms with Gasteiger partial charge < -0.3 is 4.74 Å². The number of hydrogen-bond donors (Lipinski definition) is 0. The molecule has 2 heterocycles. The quantitative estimate of drug-likeness (QED) is 0.673. The standard InChI is InChI=1S/C14H26O5S2/c1-3-5-9-20(15,16)13-11-7-8-12(19-11)14(13)21(17,18)10-6-4-2/h11-14H,3-10H2,1-2H3/t11-,12-,13-,14-/m0/s1. The van der Waals surface area contributed by atoms with E-state index in [1.54, 1.807) is 0 Å². The van der Waals surface area contributed by atoms with Gasteiger partial charge in [0.2, 0.25) is 0 Å². The summed E-state index contributed by atoms with van der Waals surface area (Å²) < 4.78 is 55.9. The molecule has 2 bridgehead atoms. The molecule has 0 aromatic heterocycles. The van der Waals surface area contributed by atoms with Gasteiger partial charge in [-0.1, -0.05) is 26.7 Å². The molecular weight excluding hydrogens is 312 g/mol. The van der Waals surface area contributed by atoms with Crippen LogP contribution in [0.1, 0.15) is 52.4 Å². The highest BCUT2D eigenvalue weighted by Gasteiger charge is 2.59. The highest BCUT2D eigenvalue weighted by atomic mass is 32.2. The van der Waals surface area contributed by atoms with Crippen molar-refractivity contribution >= 4 is 19.7 Å². The highest BCUT2D eigenvalue weighted by molar-refractivity contribution is 7.96. The van der Waals surface area contributed by atoms with E-state index in [4.69, 9.17) is 4.74 Å². The molecule has 2 saturated heterocycles. The summed E-state index contributed by atoms with van der Waals surface area (Å²) in [4.78, 5) is 0. The van der Waals surface area contributed by atoms with Crippen molar-refractivity contribution in [2.75, 3.05) is 11.5 Å². The van der Waals surface area contributed by atoms with Crippen molar-refractivity contribution in [2.45, 2.75) is 75.1 Å². The summed E-state index contributed by atoms with van der Waals surface area (Å²) in [6.07, 6.45) is 3.23. The van der Waals surface area contributed by atoms with Gasteiger partial charge in [-0.05, 0) is 25.7 Å². The molecular formula is C14H26O5S2. The fourth-order valence-corrected chi connectivity index (χ4v) is 8.87. The average Bonchev–Trinajstić information content (AvgIpc) is 3.04. The predicted octanol–water partition coefficient (Wildman–Crippen LogP) is 1.71. The number of hydrogen-bond acceptors (Lipinski definition) is 5. The van der Waals surface area contributed by atoms with Gasteiger partial charge in [-0.15, -0.1) is 0 Å². The van der Waals surface area contributed by atoms with E-state index < -0.39 is 42.4 Å². The van der Waals surface area contributed by atoms with Crippen LogP contribution in [0.2, 0.25) is 0 Å². The molecule has 0 aromatic rings. The zero-order chi connectivity index (χ0) is 15.7. The van der Waals surface area contributed by atoms with E-state index >= 15 is 0 Å². The zero-order valence-corrected chi connectivity index (χ0v) is 14.5. The van der Waals surface area contributed by atoms with E-state index in [2.05, 4.69) is 0 Å². The third-order valence-corrected chi connectivity index (χ3v) is 9.28. The van der Waals surface area contributed by atoms with Crippen LogP contribution < -0.4 is 0 Å². The molecule has 7 heteroatoms. The van der Waals surface area contributed by atoms with Gasteiger partial charge in [0.05, 0.1) is 23.7 Å². The van der Waals surface area contributed by atoms with Crippen molar-refractivity contribution in [1.82, 2.24) is 0 Å². The molecule has 5 nitrogen and oxygen atoms in total. The molecule has 2 aliphatic rings. The minimum Gasteiger partial charge on any atom is -0.372 e. The van der Waals surface area contributed by atoms with Crippen LogP contribution >= 0.6 is 0 Å². The first-order chi connectivity index (χ1) is 9.83. The summed E-state index contributed by atoms with van der Waals surface area (Å²) in [5, 5.41) is -1.69. The van der Waals surface area contributed by atoms with Crippen molar-refractivity contribution in [3.8, 4) is 0 Å². The number of ether oxygens (including phenoxy) is 1. The van der Waals surface area contributed by atoms with Gasteiger partial charge in [0.15, 0.2) is 19.7 Å². The maximum absolute atomic E-state index is 12.6. The fraction of sp³-hybridized carbons (Fsp3) is 1.00. The number of unbranched alkanes of at least 4 members (excludes halogenated alkanes) is 2. The molecule has 124 valence electrons. The monoisotopic (exact) mass is 338 g/mol. The van der Waals surface area contributed by atoms with E-state index in [-0.39, 0.29) is 11.5 Å². The molecule has 0 saturated carbocycles. The molecule has 21 heavy (non-hydrogen) atoms. The Morgan fingerprint density at radius 3 is 1.52 bits per heavy atom. The maximum Gasteiger partial charge on any atom is 0.157 e. The van der Waals surface area contributed by atoms with Gasteiger partial charge in [0.25, 0.3) is 0 Å². The molecule has 4 atom stereocenters. The van der Waals surface area contributed by atoms with Gasteiger partial charge in [0.1, 0.15) is 10.5 Å². The van der Waals surface area contributed by atoms with Crippen LogP contribution in [0.25, 0.3) is 0 Å². The van der Waals surface area contributed by atoms with E-state index in [1.807, 2.05) is 13.8 Å². The molecule has 0 aliphatic carbocycles. The first-order valence-corrected chi connectivity index (χ1v) is 11.3. The lowest BCUT2D eigenvalue weighted by Gasteiger charge is -2.27. The van der Waals surface area contributed by atoms with Crippen molar-refractivity contribution in [3.05, 3.63) is 0 Å². The Labute approximate surface area is 128 Å². The molecule has 0 radical (unpaired) electrons. The molecule has 0 aromatic carbocycles. The molecule has 2 fully saturated rings. The lowest BCUT2D eigenvalue weighted by molar-refractivity contribution is 0.106. The molecule has 0 N–H and O–H groups in total. The Morgan fingerprint density at radius 1 is 0.810 bits per heavy atom. The second-order valence-corrected chi connectivity index (χ2v) is 10.7. The SMILES string of the molecule is CCCCS(=O)(=O)[C@@H]1[C@@H](S(=O)(=O)CCCC)[C@@H]2CC[C@@H]1O2. The summed E-state index contributed by atoms with van der Waals surface area (Å²) >= 11 is 0. The van der Waals surface area contributed by atoms with Gasteiger partial charge in [0, 0.05) is 0 Å². The van der Waals surface area contributed by atoms with Crippen molar-refractivity contribution in [3.63, 3.8) is 0 Å². The maximum atomic E-state index is 12.6. The summed E-state index contributed by atoms with van der Waals surface area (Å²) in [6.45, 7) is 3.87. The Bertz CT molecular complexity index is 502. The van der Waals surface area contributed by atoms with Crippen LogP contribution in [0.15, 0.2) is 0 Å². The first kappa shape index (κ1) is 17.2. The van der Waals surface area contributed by atoms with E-state index in [1.165, 1.54) is 0 Å². The van der Waals surface area contributed by atoms with Crippen molar-refractivity contribution < 1.29 is 21.6 Å². The van der Waals surface area contributed by atoms with Crippen LogP contribution in [-0.4, -0.2) is 51.0 Å². The summed E-state index contributed by atoms with van der Waals surface area (Å²) in [6, 6.07) is 0. The molecule has 2 rings (SSSR count).